The molecule has 20 heavy (non-hydrogen) atoms. The molecule has 3 heteroatoms. The summed E-state index contributed by atoms with van der Waals surface area (Å²) in [4.78, 5) is 10.9. The van der Waals surface area contributed by atoms with Gasteiger partial charge in [-0.2, -0.15) is 0 Å². The molecule has 1 aliphatic carbocycles. The number of hydrogen-bond donors (Lipinski definition) is 0. The fourth-order valence-electron chi connectivity index (χ4n) is 4.39. The molecular weight excluding hydrogens is 264 g/mol. The maximum Gasteiger partial charge on any atom is 0.200 e. The number of rotatable bonds is 7. The van der Waals surface area contributed by atoms with E-state index in [-0.39, 0.29) is 0 Å². The summed E-state index contributed by atoms with van der Waals surface area (Å²) >= 11 is 0. The van der Waals surface area contributed by atoms with Gasteiger partial charge in [0.25, 0.3) is 0 Å². The van der Waals surface area contributed by atoms with Crippen molar-refractivity contribution in [2.75, 3.05) is 0 Å². The van der Waals surface area contributed by atoms with Crippen molar-refractivity contribution >= 4 is 14.6 Å². The Hall–Kier alpha value is -0.153. The van der Waals surface area contributed by atoms with Gasteiger partial charge in [-0.05, 0) is 35.4 Å². The van der Waals surface area contributed by atoms with Crippen LogP contribution in [0.1, 0.15) is 73.6 Å². The van der Waals surface area contributed by atoms with Crippen molar-refractivity contribution < 1.29 is 9.22 Å². The molecule has 1 fully saturated rings. The van der Waals surface area contributed by atoms with E-state index in [1.165, 1.54) is 19.3 Å². The second-order valence-corrected chi connectivity index (χ2v) is 12.8. The lowest BCUT2D eigenvalue weighted by atomic mass is 9.85. The summed E-state index contributed by atoms with van der Waals surface area (Å²) in [6, 6.07) is 0. The van der Waals surface area contributed by atoms with E-state index in [1.807, 2.05) is 0 Å². The van der Waals surface area contributed by atoms with E-state index in [0.717, 1.165) is 12.7 Å². The van der Waals surface area contributed by atoms with E-state index in [9.17, 15) is 4.79 Å². The van der Waals surface area contributed by atoms with Gasteiger partial charge in [0.2, 0.25) is 8.32 Å². The minimum atomic E-state index is -1.80. The molecule has 0 amide bonds. The number of hydrogen-bond acceptors (Lipinski definition) is 2. The Morgan fingerprint density at radius 2 is 1.50 bits per heavy atom. The molecule has 0 heterocycles. The Balaban J connectivity index is 2.94. The lowest BCUT2D eigenvalue weighted by molar-refractivity contribution is -0.109. The molecule has 1 aliphatic rings. The quantitative estimate of drug-likeness (QED) is 0.469. The van der Waals surface area contributed by atoms with Gasteiger partial charge in [0.05, 0.1) is 0 Å². The van der Waals surface area contributed by atoms with Gasteiger partial charge >= 0.3 is 0 Å². The van der Waals surface area contributed by atoms with Crippen LogP contribution >= 0.6 is 0 Å². The first-order valence-corrected chi connectivity index (χ1v) is 10.6. The van der Waals surface area contributed by atoms with Gasteiger partial charge in [0.15, 0.2) is 0 Å². The maximum absolute atomic E-state index is 10.9. The normalized spacial score (nSPS) is 24.6. The van der Waals surface area contributed by atoms with Gasteiger partial charge in [-0.15, -0.1) is 0 Å². The first-order chi connectivity index (χ1) is 9.36. The first kappa shape index (κ1) is 17.9. The molecule has 1 rings (SSSR count). The fraction of sp³-hybridized carbons (Fsp3) is 0.941. The summed E-state index contributed by atoms with van der Waals surface area (Å²) in [5.41, 5.74) is 1.88. The highest BCUT2D eigenvalue weighted by atomic mass is 28.4. The molecule has 2 nitrogen and oxygen atoms in total. The van der Waals surface area contributed by atoms with Crippen molar-refractivity contribution in [3.8, 4) is 0 Å². The van der Waals surface area contributed by atoms with E-state index in [4.69, 9.17) is 4.43 Å². The van der Waals surface area contributed by atoms with Crippen LogP contribution in [0, 0.1) is 5.92 Å². The zero-order chi connectivity index (χ0) is 15.3. The highest BCUT2D eigenvalue weighted by Crippen LogP contribution is 2.45. The molecule has 0 saturated heterocycles. The molecule has 0 aromatic rings. The summed E-state index contributed by atoms with van der Waals surface area (Å²) in [5.74, 6) is 0.462. The number of carbonyl (C=O) groups excluding carboxylic acids is 1. The molecule has 1 saturated carbocycles. The van der Waals surface area contributed by atoms with Gasteiger partial charge < -0.3 is 9.22 Å². The van der Waals surface area contributed by atoms with E-state index in [1.54, 1.807) is 0 Å². The Morgan fingerprint density at radius 3 is 1.95 bits per heavy atom. The molecule has 0 bridgehead atoms. The molecule has 0 radical (unpaired) electrons. The number of carbonyl (C=O) groups is 1. The van der Waals surface area contributed by atoms with Crippen LogP contribution in [0.25, 0.3) is 0 Å². The van der Waals surface area contributed by atoms with Gasteiger partial charge in [-0.1, -0.05) is 54.4 Å². The third kappa shape index (κ3) is 3.73. The summed E-state index contributed by atoms with van der Waals surface area (Å²) < 4.78 is 6.91. The van der Waals surface area contributed by atoms with Crippen molar-refractivity contribution in [3.05, 3.63) is 0 Å². The number of aldehydes is 1. The van der Waals surface area contributed by atoms with Crippen LogP contribution < -0.4 is 0 Å². The van der Waals surface area contributed by atoms with Crippen molar-refractivity contribution in [3.63, 3.8) is 0 Å². The molecular formula is C17H34O2Si. The molecule has 0 aromatic heterocycles. The SMILES string of the molecule is CC(C)[Si](O[C@H]1CCCC[C@H]1CC=O)(C(C)C)C(C)C. The molecule has 0 aliphatic heterocycles. The van der Waals surface area contributed by atoms with Crippen LogP contribution in [0.4, 0.5) is 0 Å². The average Bonchev–Trinajstić information content (AvgIpc) is 2.36. The van der Waals surface area contributed by atoms with Gasteiger partial charge in [0, 0.05) is 12.5 Å². The molecule has 0 unspecified atom stereocenters. The zero-order valence-corrected chi connectivity index (χ0v) is 15.3. The molecule has 2 atom stereocenters. The van der Waals surface area contributed by atoms with E-state index in [2.05, 4.69) is 41.5 Å². The Labute approximate surface area is 126 Å². The topological polar surface area (TPSA) is 26.3 Å². The summed E-state index contributed by atoms with van der Waals surface area (Å²) in [5, 5.41) is 0. The Kier molecular flexibility index (Phi) is 6.93. The van der Waals surface area contributed by atoms with Gasteiger partial charge in [-0.25, -0.2) is 0 Å². The van der Waals surface area contributed by atoms with E-state index < -0.39 is 8.32 Å². The maximum atomic E-state index is 10.9. The predicted octanol–water partition coefficient (Wildman–Crippen LogP) is 5.33. The second-order valence-electron chi connectivity index (χ2n) is 7.42. The van der Waals surface area contributed by atoms with Crippen molar-refractivity contribution in [1.82, 2.24) is 0 Å². The molecule has 118 valence electrons. The minimum Gasteiger partial charge on any atom is -0.413 e. The van der Waals surface area contributed by atoms with Crippen LogP contribution in [-0.4, -0.2) is 20.7 Å². The largest absolute Gasteiger partial charge is 0.413 e. The van der Waals surface area contributed by atoms with Crippen molar-refractivity contribution in [1.29, 1.82) is 0 Å². The zero-order valence-electron chi connectivity index (χ0n) is 14.3. The van der Waals surface area contributed by atoms with Crippen LogP contribution in [0.15, 0.2) is 0 Å². The minimum absolute atomic E-state index is 0.327. The van der Waals surface area contributed by atoms with E-state index in [0.29, 0.717) is 35.1 Å². The monoisotopic (exact) mass is 298 g/mol. The smallest absolute Gasteiger partial charge is 0.200 e. The third-order valence-corrected chi connectivity index (χ3v) is 11.4. The predicted molar refractivity (Wildman–Crippen MR) is 88.6 cm³/mol. The summed E-state index contributed by atoms with van der Waals surface area (Å²) in [6.45, 7) is 14.0. The molecule has 0 N–H and O–H groups in total. The van der Waals surface area contributed by atoms with E-state index >= 15 is 0 Å². The van der Waals surface area contributed by atoms with Crippen molar-refractivity contribution in [2.24, 2.45) is 5.92 Å². The highest BCUT2D eigenvalue weighted by Gasteiger charge is 2.47. The third-order valence-electron chi connectivity index (χ3n) is 5.30. The summed E-state index contributed by atoms with van der Waals surface area (Å²) in [7, 11) is -1.80. The van der Waals surface area contributed by atoms with Crippen LogP contribution in [-0.2, 0) is 9.22 Å². The Bertz CT molecular complexity index is 278. The molecule has 0 aromatic carbocycles. The van der Waals surface area contributed by atoms with Crippen LogP contribution in [0.2, 0.25) is 16.6 Å². The second kappa shape index (κ2) is 7.74. The van der Waals surface area contributed by atoms with Gasteiger partial charge in [-0.3, -0.25) is 0 Å². The van der Waals surface area contributed by atoms with Gasteiger partial charge in [0.1, 0.15) is 6.29 Å². The van der Waals surface area contributed by atoms with Crippen LogP contribution in [0.3, 0.4) is 0 Å². The lowest BCUT2D eigenvalue weighted by Crippen LogP contribution is -2.52. The Morgan fingerprint density at radius 1 is 1.00 bits per heavy atom. The fourth-order valence-corrected chi connectivity index (χ4v) is 10.0. The average molecular weight is 299 g/mol. The highest BCUT2D eigenvalue weighted by molar-refractivity contribution is 6.77. The molecule has 0 spiro atoms. The lowest BCUT2D eigenvalue weighted by Gasteiger charge is -2.47. The first-order valence-electron chi connectivity index (χ1n) is 8.47. The standard InChI is InChI=1S/C17H34O2Si/c1-13(2)20(14(3)4,15(5)6)19-17-10-8-7-9-16(17)11-12-18/h12-17H,7-11H2,1-6H3/t16-,17-/m0/s1. The van der Waals surface area contributed by atoms with Crippen molar-refractivity contribution in [2.45, 2.75) is 96.4 Å². The summed E-state index contributed by atoms with van der Waals surface area (Å²) in [6.07, 6.45) is 6.95. The van der Waals surface area contributed by atoms with Crippen LogP contribution in [0.5, 0.6) is 0 Å².